The van der Waals surface area contributed by atoms with E-state index in [0.717, 1.165) is 37.6 Å². The standard InChI is InChI=1S/C14H16N2OS2/c17-14(13-4-2-10-19-13)16-7-5-15(6-8-16)11-12-3-1-9-18-12/h1-4,9-10H,5-8,11H2. The van der Waals surface area contributed by atoms with Gasteiger partial charge in [-0.3, -0.25) is 9.69 Å². The molecule has 5 heteroatoms. The van der Waals surface area contributed by atoms with Gasteiger partial charge in [0.2, 0.25) is 0 Å². The highest BCUT2D eigenvalue weighted by molar-refractivity contribution is 7.12. The van der Waals surface area contributed by atoms with Gasteiger partial charge >= 0.3 is 0 Å². The molecule has 0 radical (unpaired) electrons. The Hall–Kier alpha value is -1.17. The van der Waals surface area contributed by atoms with Crippen LogP contribution in [-0.2, 0) is 6.54 Å². The number of carbonyl (C=O) groups excluding carboxylic acids is 1. The van der Waals surface area contributed by atoms with Crippen LogP contribution < -0.4 is 0 Å². The summed E-state index contributed by atoms with van der Waals surface area (Å²) >= 11 is 3.33. The summed E-state index contributed by atoms with van der Waals surface area (Å²) in [5.74, 6) is 0.186. The van der Waals surface area contributed by atoms with Crippen LogP contribution in [0, 0.1) is 0 Å². The Morgan fingerprint density at radius 3 is 2.42 bits per heavy atom. The maximum absolute atomic E-state index is 12.2. The smallest absolute Gasteiger partial charge is 0.264 e. The molecule has 2 aromatic rings. The molecule has 3 heterocycles. The Kier molecular flexibility index (Phi) is 3.96. The Balaban J connectivity index is 1.53. The van der Waals surface area contributed by atoms with Gasteiger partial charge in [-0.25, -0.2) is 0 Å². The largest absolute Gasteiger partial charge is 0.335 e. The number of hydrogen-bond donors (Lipinski definition) is 0. The van der Waals surface area contributed by atoms with Gasteiger partial charge in [-0.1, -0.05) is 12.1 Å². The first-order chi connectivity index (χ1) is 9.33. The van der Waals surface area contributed by atoms with Crippen LogP contribution in [0.2, 0.25) is 0 Å². The highest BCUT2D eigenvalue weighted by atomic mass is 32.1. The van der Waals surface area contributed by atoms with Crippen molar-refractivity contribution in [2.45, 2.75) is 6.54 Å². The Morgan fingerprint density at radius 2 is 1.79 bits per heavy atom. The molecule has 1 aliphatic rings. The minimum Gasteiger partial charge on any atom is -0.335 e. The van der Waals surface area contributed by atoms with Crippen molar-refractivity contribution < 1.29 is 4.79 Å². The van der Waals surface area contributed by atoms with E-state index in [9.17, 15) is 4.79 Å². The molecule has 0 aliphatic carbocycles. The average molecular weight is 292 g/mol. The SMILES string of the molecule is O=C(c1cccs1)N1CCN(Cc2cccs2)CC1. The molecule has 19 heavy (non-hydrogen) atoms. The van der Waals surface area contributed by atoms with Crippen molar-refractivity contribution in [2.75, 3.05) is 26.2 Å². The summed E-state index contributed by atoms with van der Waals surface area (Å²) < 4.78 is 0. The third kappa shape index (κ3) is 3.05. The normalized spacial score (nSPS) is 16.7. The zero-order valence-corrected chi connectivity index (χ0v) is 12.3. The molecule has 0 bridgehead atoms. The monoisotopic (exact) mass is 292 g/mol. The Bertz CT molecular complexity index is 514. The molecule has 3 rings (SSSR count). The van der Waals surface area contributed by atoms with Gasteiger partial charge in [-0.2, -0.15) is 0 Å². The molecular formula is C14H16N2OS2. The lowest BCUT2D eigenvalue weighted by molar-refractivity contribution is 0.0634. The van der Waals surface area contributed by atoms with Crippen molar-refractivity contribution in [2.24, 2.45) is 0 Å². The van der Waals surface area contributed by atoms with Crippen molar-refractivity contribution >= 4 is 28.6 Å². The molecular weight excluding hydrogens is 276 g/mol. The fourth-order valence-corrected chi connectivity index (χ4v) is 3.73. The zero-order valence-electron chi connectivity index (χ0n) is 10.6. The van der Waals surface area contributed by atoms with E-state index in [1.807, 2.05) is 22.4 Å². The highest BCUT2D eigenvalue weighted by Gasteiger charge is 2.22. The summed E-state index contributed by atoms with van der Waals surface area (Å²) in [6, 6.07) is 8.11. The third-order valence-corrected chi connectivity index (χ3v) is 5.07. The van der Waals surface area contributed by atoms with Crippen LogP contribution >= 0.6 is 22.7 Å². The maximum Gasteiger partial charge on any atom is 0.264 e. The van der Waals surface area contributed by atoms with Gasteiger partial charge in [-0.05, 0) is 22.9 Å². The summed E-state index contributed by atoms with van der Waals surface area (Å²) in [6.07, 6.45) is 0. The van der Waals surface area contributed by atoms with Gasteiger partial charge in [0.15, 0.2) is 0 Å². The van der Waals surface area contributed by atoms with Gasteiger partial charge in [0.1, 0.15) is 0 Å². The molecule has 0 spiro atoms. The van der Waals surface area contributed by atoms with E-state index < -0.39 is 0 Å². The second-order valence-electron chi connectivity index (χ2n) is 4.63. The first-order valence-corrected chi connectivity index (χ1v) is 8.16. The predicted octanol–water partition coefficient (Wildman–Crippen LogP) is 2.77. The van der Waals surface area contributed by atoms with Crippen molar-refractivity contribution in [3.05, 3.63) is 44.8 Å². The highest BCUT2D eigenvalue weighted by Crippen LogP contribution is 2.16. The van der Waals surface area contributed by atoms with Gasteiger partial charge in [0.05, 0.1) is 4.88 Å². The Labute approximate surface area is 121 Å². The molecule has 100 valence electrons. The van der Waals surface area contributed by atoms with Crippen LogP contribution in [0.3, 0.4) is 0 Å². The molecule has 2 aromatic heterocycles. The maximum atomic E-state index is 12.2. The van der Waals surface area contributed by atoms with E-state index in [0.29, 0.717) is 0 Å². The fraction of sp³-hybridized carbons (Fsp3) is 0.357. The lowest BCUT2D eigenvalue weighted by atomic mass is 10.3. The molecule has 1 aliphatic heterocycles. The van der Waals surface area contributed by atoms with Gasteiger partial charge in [-0.15, -0.1) is 22.7 Å². The molecule has 0 N–H and O–H groups in total. The molecule has 0 unspecified atom stereocenters. The van der Waals surface area contributed by atoms with Crippen LogP contribution in [0.5, 0.6) is 0 Å². The van der Waals surface area contributed by atoms with Crippen molar-refractivity contribution in [1.82, 2.24) is 9.80 Å². The van der Waals surface area contributed by atoms with Crippen LogP contribution in [0.1, 0.15) is 14.5 Å². The Morgan fingerprint density at radius 1 is 1.05 bits per heavy atom. The minimum atomic E-state index is 0.186. The number of carbonyl (C=O) groups is 1. The molecule has 1 amide bonds. The lowest BCUT2D eigenvalue weighted by Gasteiger charge is -2.34. The minimum absolute atomic E-state index is 0.186. The van der Waals surface area contributed by atoms with E-state index in [-0.39, 0.29) is 5.91 Å². The average Bonchev–Trinajstić information content (AvgIpc) is 3.12. The summed E-state index contributed by atoms with van der Waals surface area (Å²) in [6.45, 7) is 4.62. The number of nitrogens with zero attached hydrogens (tertiary/aromatic N) is 2. The fourth-order valence-electron chi connectivity index (χ4n) is 2.29. The van der Waals surface area contributed by atoms with Crippen LogP contribution in [0.15, 0.2) is 35.0 Å². The second-order valence-corrected chi connectivity index (χ2v) is 6.60. The van der Waals surface area contributed by atoms with E-state index in [1.165, 1.54) is 16.2 Å². The first-order valence-electron chi connectivity index (χ1n) is 6.40. The summed E-state index contributed by atoms with van der Waals surface area (Å²) in [5, 5.41) is 4.08. The number of rotatable bonds is 3. The number of thiophene rings is 2. The van der Waals surface area contributed by atoms with Gasteiger partial charge in [0.25, 0.3) is 5.91 Å². The van der Waals surface area contributed by atoms with Crippen molar-refractivity contribution in [3.8, 4) is 0 Å². The number of amides is 1. The molecule has 0 atom stereocenters. The summed E-state index contributed by atoms with van der Waals surface area (Å²) in [5.41, 5.74) is 0. The van der Waals surface area contributed by atoms with E-state index in [4.69, 9.17) is 0 Å². The van der Waals surface area contributed by atoms with Crippen molar-refractivity contribution in [3.63, 3.8) is 0 Å². The van der Waals surface area contributed by atoms with E-state index >= 15 is 0 Å². The van der Waals surface area contributed by atoms with Gasteiger partial charge < -0.3 is 4.90 Å². The number of hydrogen-bond acceptors (Lipinski definition) is 4. The second kappa shape index (κ2) is 5.86. The molecule has 0 aromatic carbocycles. The topological polar surface area (TPSA) is 23.6 Å². The molecule has 3 nitrogen and oxygen atoms in total. The zero-order chi connectivity index (χ0) is 13.1. The summed E-state index contributed by atoms with van der Waals surface area (Å²) in [4.78, 5) is 18.8. The van der Waals surface area contributed by atoms with Crippen LogP contribution in [0.25, 0.3) is 0 Å². The van der Waals surface area contributed by atoms with Gasteiger partial charge in [0, 0.05) is 37.6 Å². The van der Waals surface area contributed by atoms with E-state index in [1.54, 1.807) is 11.3 Å². The third-order valence-electron chi connectivity index (χ3n) is 3.35. The van der Waals surface area contributed by atoms with Crippen LogP contribution in [0.4, 0.5) is 0 Å². The predicted molar refractivity (Wildman–Crippen MR) is 79.8 cm³/mol. The quantitative estimate of drug-likeness (QED) is 0.868. The molecule has 1 saturated heterocycles. The number of piperazine rings is 1. The summed E-state index contributed by atoms with van der Waals surface area (Å²) in [7, 11) is 0. The van der Waals surface area contributed by atoms with Crippen LogP contribution in [-0.4, -0.2) is 41.9 Å². The van der Waals surface area contributed by atoms with Crippen molar-refractivity contribution in [1.29, 1.82) is 0 Å². The lowest BCUT2D eigenvalue weighted by Crippen LogP contribution is -2.48. The molecule has 1 fully saturated rings. The first kappa shape index (κ1) is 12.8. The van der Waals surface area contributed by atoms with E-state index in [2.05, 4.69) is 22.4 Å². The molecule has 0 saturated carbocycles.